The minimum absolute atomic E-state index is 0.0692. The van der Waals surface area contributed by atoms with Crippen LogP contribution in [-0.2, 0) is 10.3 Å². The number of nitrogens with zero attached hydrogens (tertiary/aromatic N) is 4. The zero-order valence-electron chi connectivity index (χ0n) is 22.1. The number of amides is 2. The number of hydrogen-bond donors (Lipinski definition) is 1. The zero-order valence-corrected chi connectivity index (χ0v) is 23.6. The lowest BCUT2D eigenvalue weighted by atomic mass is 9.81. The van der Waals surface area contributed by atoms with Crippen molar-refractivity contribution in [3.05, 3.63) is 86.8 Å². The van der Waals surface area contributed by atoms with Gasteiger partial charge in [-0.05, 0) is 24.1 Å². The SMILES string of the molecule is COc1ncc(-n2cc3c(c2C(C)C)[C@@]2(C(=O)Nc4cc(Cl)ccc42)N(c2cc(Cl)c(F)cc2F)C3=O)c(OC)n1. The highest BCUT2D eigenvalue weighted by Crippen LogP contribution is 2.56. The Balaban J connectivity index is 1.73. The second-order valence-electron chi connectivity index (χ2n) is 9.79. The number of methoxy groups -OCH3 is 2. The highest BCUT2D eigenvalue weighted by atomic mass is 35.5. The molecule has 0 unspecified atom stereocenters. The smallest absolute Gasteiger partial charge is 0.319 e. The van der Waals surface area contributed by atoms with Crippen LogP contribution >= 0.6 is 23.2 Å². The predicted molar refractivity (Wildman–Crippen MR) is 148 cm³/mol. The van der Waals surface area contributed by atoms with Gasteiger partial charge in [-0.2, -0.15) is 4.98 Å². The molecule has 0 bridgehead atoms. The third-order valence-electron chi connectivity index (χ3n) is 7.25. The van der Waals surface area contributed by atoms with Crippen molar-refractivity contribution in [1.82, 2.24) is 14.5 Å². The molecule has 2 aliphatic heterocycles. The van der Waals surface area contributed by atoms with E-state index < -0.39 is 34.0 Å². The Morgan fingerprint density at radius 2 is 1.78 bits per heavy atom. The van der Waals surface area contributed by atoms with Gasteiger partial charge in [0.2, 0.25) is 5.88 Å². The van der Waals surface area contributed by atoms with E-state index in [1.807, 2.05) is 13.8 Å². The summed E-state index contributed by atoms with van der Waals surface area (Å²) in [6, 6.07) is 6.38. The molecule has 210 valence electrons. The number of halogens is 4. The van der Waals surface area contributed by atoms with Gasteiger partial charge >= 0.3 is 6.01 Å². The van der Waals surface area contributed by atoms with Crippen LogP contribution in [0.2, 0.25) is 10.0 Å². The number of nitrogens with one attached hydrogen (secondary N) is 1. The molecule has 1 spiro atoms. The molecule has 9 nitrogen and oxygen atoms in total. The van der Waals surface area contributed by atoms with E-state index in [9.17, 15) is 14.0 Å². The van der Waals surface area contributed by atoms with Crippen LogP contribution < -0.4 is 19.7 Å². The number of carbonyl (C=O) groups excluding carboxylic acids is 2. The van der Waals surface area contributed by atoms with Crippen molar-refractivity contribution in [3.63, 3.8) is 0 Å². The number of hydrogen-bond acceptors (Lipinski definition) is 6. The highest BCUT2D eigenvalue weighted by molar-refractivity contribution is 6.32. The van der Waals surface area contributed by atoms with Crippen LogP contribution in [-0.4, -0.2) is 40.6 Å². The first-order valence-electron chi connectivity index (χ1n) is 12.4. The van der Waals surface area contributed by atoms with Gasteiger partial charge in [0.05, 0.1) is 36.7 Å². The van der Waals surface area contributed by atoms with Crippen LogP contribution in [0.25, 0.3) is 5.69 Å². The lowest BCUT2D eigenvalue weighted by Gasteiger charge is -2.36. The first-order chi connectivity index (χ1) is 19.5. The fraction of sp³-hybridized carbons (Fsp3) is 0.214. The second-order valence-corrected chi connectivity index (χ2v) is 10.6. The van der Waals surface area contributed by atoms with Crippen molar-refractivity contribution in [3.8, 4) is 17.6 Å². The fourth-order valence-corrected chi connectivity index (χ4v) is 6.02. The molecule has 0 fully saturated rings. The molecule has 13 heteroatoms. The van der Waals surface area contributed by atoms with E-state index in [4.69, 9.17) is 32.7 Å². The lowest BCUT2D eigenvalue weighted by Crippen LogP contribution is -2.51. The van der Waals surface area contributed by atoms with Gasteiger partial charge in [-0.25, -0.2) is 13.8 Å². The maximum atomic E-state index is 15.5. The van der Waals surface area contributed by atoms with Gasteiger partial charge in [0.1, 0.15) is 17.3 Å². The number of fused-ring (bicyclic) bond motifs is 4. The Labute approximate surface area is 242 Å². The molecule has 41 heavy (non-hydrogen) atoms. The van der Waals surface area contributed by atoms with Gasteiger partial charge in [-0.15, -0.1) is 0 Å². The monoisotopic (exact) mass is 599 g/mol. The normalized spacial score (nSPS) is 17.3. The minimum atomic E-state index is -1.89. The number of aromatic nitrogens is 3. The Bertz CT molecular complexity index is 1790. The average molecular weight is 600 g/mol. The highest BCUT2D eigenvalue weighted by Gasteiger charge is 2.63. The summed E-state index contributed by atoms with van der Waals surface area (Å²) in [6.45, 7) is 3.77. The molecule has 4 aromatic rings. The largest absolute Gasteiger partial charge is 0.479 e. The van der Waals surface area contributed by atoms with Crippen LogP contribution in [0.3, 0.4) is 0 Å². The molecule has 1 atom stereocenters. The number of carbonyl (C=O) groups is 2. The third-order valence-corrected chi connectivity index (χ3v) is 7.77. The van der Waals surface area contributed by atoms with E-state index in [1.165, 1.54) is 26.6 Å². The van der Waals surface area contributed by atoms with E-state index in [2.05, 4.69) is 15.3 Å². The Kier molecular flexibility index (Phi) is 6.20. The van der Waals surface area contributed by atoms with Crippen LogP contribution in [0.15, 0.2) is 42.7 Å². The molecule has 0 saturated carbocycles. The van der Waals surface area contributed by atoms with Crippen LogP contribution in [0.4, 0.5) is 20.2 Å². The standard InChI is InChI=1S/C28H21Cl2F2N5O4/c1-12(2)23-22-14(11-36(23)21-10-33-27(41-4)35-24(21)40-3)25(38)37(20-8-16(30)17(31)9-18(20)32)28(22)15-6-5-13(29)7-19(15)34-26(28)39/h5-12H,1-4H3,(H,34,39)/t28-/m0/s1. The summed E-state index contributed by atoms with van der Waals surface area (Å²) in [7, 11) is 2.84. The quantitative estimate of drug-likeness (QED) is 0.289. The van der Waals surface area contributed by atoms with Crippen LogP contribution in [0.5, 0.6) is 11.9 Å². The van der Waals surface area contributed by atoms with E-state index in [0.29, 0.717) is 39.3 Å². The van der Waals surface area contributed by atoms with E-state index in [1.54, 1.807) is 22.8 Å². The number of anilines is 2. The van der Waals surface area contributed by atoms with Crippen LogP contribution in [0.1, 0.15) is 46.9 Å². The van der Waals surface area contributed by atoms with Gasteiger partial charge < -0.3 is 19.4 Å². The van der Waals surface area contributed by atoms with Crippen molar-refractivity contribution in [1.29, 1.82) is 0 Å². The van der Waals surface area contributed by atoms with E-state index >= 15 is 4.39 Å². The molecule has 4 heterocycles. The molecule has 2 aromatic carbocycles. The van der Waals surface area contributed by atoms with Crippen molar-refractivity contribution in [2.24, 2.45) is 0 Å². The van der Waals surface area contributed by atoms with E-state index in [0.717, 1.165) is 11.0 Å². The summed E-state index contributed by atoms with van der Waals surface area (Å²) >= 11 is 12.3. The summed E-state index contributed by atoms with van der Waals surface area (Å²) < 4.78 is 42.0. The van der Waals surface area contributed by atoms with E-state index in [-0.39, 0.29) is 29.1 Å². The molecular weight excluding hydrogens is 579 g/mol. The van der Waals surface area contributed by atoms with Crippen molar-refractivity contribution >= 4 is 46.4 Å². The zero-order chi connectivity index (χ0) is 29.4. The second kappa shape index (κ2) is 9.42. The topological polar surface area (TPSA) is 98.6 Å². The minimum Gasteiger partial charge on any atom is -0.479 e. The molecular formula is C28H21Cl2F2N5O4. The lowest BCUT2D eigenvalue weighted by molar-refractivity contribution is -0.119. The molecule has 0 radical (unpaired) electrons. The Morgan fingerprint density at radius 1 is 1.02 bits per heavy atom. The summed E-state index contributed by atoms with van der Waals surface area (Å²) in [4.78, 5) is 38.0. The number of benzene rings is 2. The van der Waals surface area contributed by atoms with Crippen LogP contribution in [0, 0.1) is 11.6 Å². The third kappa shape index (κ3) is 3.65. The molecule has 0 aliphatic carbocycles. The summed E-state index contributed by atoms with van der Waals surface area (Å²) in [5.41, 5.74) is -0.202. The fourth-order valence-electron chi connectivity index (χ4n) is 5.69. The summed E-state index contributed by atoms with van der Waals surface area (Å²) in [5.74, 6) is -3.53. The van der Waals surface area contributed by atoms with Crippen molar-refractivity contribution in [2.75, 3.05) is 24.4 Å². The molecule has 2 amide bonds. The summed E-state index contributed by atoms with van der Waals surface area (Å²) in [6.07, 6.45) is 3.01. The predicted octanol–water partition coefficient (Wildman–Crippen LogP) is 5.85. The molecule has 1 N–H and O–H groups in total. The van der Waals surface area contributed by atoms with Gasteiger partial charge in [-0.1, -0.05) is 43.1 Å². The first-order valence-corrected chi connectivity index (χ1v) is 13.1. The van der Waals surface area contributed by atoms with Gasteiger partial charge in [-0.3, -0.25) is 14.5 Å². The van der Waals surface area contributed by atoms with Gasteiger partial charge in [0.25, 0.3) is 11.8 Å². The average Bonchev–Trinajstić information content (AvgIpc) is 3.54. The van der Waals surface area contributed by atoms with Gasteiger partial charge in [0, 0.05) is 39.8 Å². The summed E-state index contributed by atoms with van der Waals surface area (Å²) in [5, 5.41) is 2.74. The number of ether oxygens (including phenoxy) is 2. The molecule has 2 aliphatic rings. The maximum Gasteiger partial charge on any atom is 0.319 e. The van der Waals surface area contributed by atoms with Gasteiger partial charge in [0.15, 0.2) is 5.54 Å². The Morgan fingerprint density at radius 3 is 2.46 bits per heavy atom. The first kappa shape index (κ1) is 27.0. The molecule has 0 saturated heterocycles. The van der Waals surface area contributed by atoms with Crippen molar-refractivity contribution in [2.45, 2.75) is 25.3 Å². The maximum absolute atomic E-state index is 15.5. The molecule has 6 rings (SSSR count). The Hall–Kier alpha value is -4.22. The number of rotatable bonds is 5. The van der Waals surface area contributed by atoms with Crippen molar-refractivity contribution < 1.29 is 27.8 Å². The molecule has 2 aromatic heterocycles.